The van der Waals surface area contributed by atoms with E-state index in [9.17, 15) is 0 Å². The first-order valence-electron chi connectivity index (χ1n) is 7.96. The Morgan fingerprint density at radius 3 is 2.00 bits per heavy atom. The van der Waals surface area contributed by atoms with E-state index in [4.69, 9.17) is 0 Å². The average Bonchev–Trinajstić information content (AvgIpc) is 2.54. The minimum absolute atomic E-state index is 0.869. The number of rotatable bonds is 8. The Kier molecular flexibility index (Phi) is 6.14. The molecule has 0 amide bonds. The molecule has 1 N–H and O–H groups in total. The highest BCUT2D eigenvalue weighted by Crippen LogP contribution is 2.19. The van der Waals surface area contributed by atoms with Gasteiger partial charge < -0.3 is 10.2 Å². The molecule has 2 rings (SSSR count). The van der Waals surface area contributed by atoms with Crippen LogP contribution in [-0.4, -0.2) is 13.1 Å². The molecular formula is C19H26N2. The van der Waals surface area contributed by atoms with Crippen molar-refractivity contribution in [2.75, 3.05) is 23.3 Å². The number of nitrogens with zero attached hydrogens (tertiary/aromatic N) is 1. The molecule has 0 atom stereocenters. The molecule has 0 spiro atoms. The summed E-state index contributed by atoms with van der Waals surface area (Å²) in [6, 6.07) is 19.3. The summed E-state index contributed by atoms with van der Waals surface area (Å²) in [5.74, 6) is 0. The number of benzene rings is 2. The van der Waals surface area contributed by atoms with Gasteiger partial charge in [-0.1, -0.05) is 44.2 Å². The van der Waals surface area contributed by atoms with E-state index in [1.54, 1.807) is 0 Å². The van der Waals surface area contributed by atoms with Crippen molar-refractivity contribution < 1.29 is 0 Å². The Balaban J connectivity index is 1.94. The van der Waals surface area contributed by atoms with Crippen LogP contribution in [0.1, 0.15) is 32.3 Å². The molecule has 0 radical (unpaired) electrons. The van der Waals surface area contributed by atoms with Gasteiger partial charge in [0.05, 0.1) is 0 Å². The van der Waals surface area contributed by atoms with Crippen molar-refractivity contribution in [2.24, 2.45) is 0 Å². The van der Waals surface area contributed by atoms with Gasteiger partial charge in [-0.05, 0) is 42.7 Å². The summed E-state index contributed by atoms with van der Waals surface area (Å²) in [6.45, 7) is 7.60. The third-order valence-electron chi connectivity index (χ3n) is 3.56. The standard InChI is InChI=1S/C19H26N2/c1-3-14-21(15-4-2)19-12-10-18(11-13-19)20-16-17-8-6-5-7-9-17/h5-13,20H,3-4,14-16H2,1-2H3. The van der Waals surface area contributed by atoms with Gasteiger partial charge in [-0.2, -0.15) is 0 Å². The Morgan fingerprint density at radius 1 is 0.810 bits per heavy atom. The van der Waals surface area contributed by atoms with Crippen molar-refractivity contribution in [2.45, 2.75) is 33.2 Å². The second-order valence-electron chi connectivity index (χ2n) is 5.37. The first-order valence-corrected chi connectivity index (χ1v) is 7.96. The minimum atomic E-state index is 0.869. The number of anilines is 2. The molecule has 0 unspecified atom stereocenters. The average molecular weight is 282 g/mol. The Morgan fingerprint density at radius 2 is 1.43 bits per heavy atom. The lowest BCUT2D eigenvalue weighted by Crippen LogP contribution is -2.24. The van der Waals surface area contributed by atoms with E-state index in [1.807, 2.05) is 6.07 Å². The second-order valence-corrected chi connectivity index (χ2v) is 5.37. The molecule has 0 aliphatic carbocycles. The molecule has 0 aromatic heterocycles. The molecule has 112 valence electrons. The van der Waals surface area contributed by atoms with Crippen LogP contribution in [0.2, 0.25) is 0 Å². The van der Waals surface area contributed by atoms with Crippen LogP contribution in [0.5, 0.6) is 0 Å². The summed E-state index contributed by atoms with van der Waals surface area (Å²) in [4.78, 5) is 2.46. The van der Waals surface area contributed by atoms with Gasteiger partial charge in [0.1, 0.15) is 0 Å². The lowest BCUT2D eigenvalue weighted by molar-refractivity contribution is 0.745. The maximum absolute atomic E-state index is 3.47. The highest BCUT2D eigenvalue weighted by molar-refractivity contribution is 5.55. The van der Waals surface area contributed by atoms with Crippen molar-refractivity contribution in [3.63, 3.8) is 0 Å². The van der Waals surface area contributed by atoms with Gasteiger partial charge in [-0.15, -0.1) is 0 Å². The number of nitrogens with one attached hydrogen (secondary N) is 1. The van der Waals surface area contributed by atoms with Gasteiger partial charge in [0.25, 0.3) is 0 Å². The highest BCUT2D eigenvalue weighted by atomic mass is 15.1. The van der Waals surface area contributed by atoms with Crippen LogP contribution in [0.4, 0.5) is 11.4 Å². The third kappa shape index (κ3) is 4.82. The monoisotopic (exact) mass is 282 g/mol. The van der Waals surface area contributed by atoms with Crippen LogP contribution in [0.25, 0.3) is 0 Å². The van der Waals surface area contributed by atoms with E-state index < -0.39 is 0 Å². The van der Waals surface area contributed by atoms with Crippen LogP contribution >= 0.6 is 0 Å². The molecule has 0 bridgehead atoms. The summed E-state index contributed by atoms with van der Waals surface area (Å²) < 4.78 is 0. The maximum atomic E-state index is 3.47. The van der Waals surface area contributed by atoms with Crippen LogP contribution < -0.4 is 10.2 Å². The third-order valence-corrected chi connectivity index (χ3v) is 3.56. The molecule has 2 nitrogen and oxygen atoms in total. The summed E-state index contributed by atoms with van der Waals surface area (Å²) in [5.41, 5.74) is 3.81. The first kappa shape index (κ1) is 15.4. The van der Waals surface area contributed by atoms with Gasteiger partial charge in [0.2, 0.25) is 0 Å². The molecule has 2 aromatic rings. The van der Waals surface area contributed by atoms with Crippen molar-refractivity contribution in [3.05, 3.63) is 60.2 Å². The van der Waals surface area contributed by atoms with Gasteiger partial charge in [-0.25, -0.2) is 0 Å². The van der Waals surface area contributed by atoms with E-state index in [1.165, 1.54) is 29.8 Å². The zero-order valence-electron chi connectivity index (χ0n) is 13.2. The summed E-state index contributed by atoms with van der Waals surface area (Å²) in [6.07, 6.45) is 2.38. The van der Waals surface area contributed by atoms with Crippen molar-refractivity contribution in [1.82, 2.24) is 0 Å². The fourth-order valence-corrected chi connectivity index (χ4v) is 2.50. The fraction of sp³-hybridized carbons (Fsp3) is 0.368. The molecule has 0 fully saturated rings. The highest BCUT2D eigenvalue weighted by Gasteiger charge is 2.04. The molecule has 0 heterocycles. The number of hydrogen-bond acceptors (Lipinski definition) is 2. The SMILES string of the molecule is CCCN(CCC)c1ccc(NCc2ccccc2)cc1. The predicted octanol–water partition coefficient (Wildman–Crippen LogP) is 4.93. The van der Waals surface area contributed by atoms with Crippen LogP contribution in [0, 0.1) is 0 Å². The lowest BCUT2D eigenvalue weighted by atomic mass is 10.2. The van der Waals surface area contributed by atoms with Crippen LogP contribution in [-0.2, 0) is 6.54 Å². The van der Waals surface area contributed by atoms with E-state index in [0.717, 1.165) is 19.6 Å². The largest absolute Gasteiger partial charge is 0.381 e. The molecule has 2 aromatic carbocycles. The molecule has 0 aliphatic heterocycles. The summed E-state index contributed by atoms with van der Waals surface area (Å²) in [5, 5.41) is 3.47. The molecule has 0 saturated heterocycles. The zero-order chi connectivity index (χ0) is 14.9. The summed E-state index contributed by atoms with van der Waals surface area (Å²) >= 11 is 0. The quantitative estimate of drug-likeness (QED) is 0.739. The van der Waals surface area contributed by atoms with Gasteiger partial charge >= 0.3 is 0 Å². The second kappa shape index (κ2) is 8.35. The lowest BCUT2D eigenvalue weighted by Gasteiger charge is -2.24. The van der Waals surface area contributed by atoms with E-state index in [0.29, 0.717) is 0 Å². The Hall–Kier alpha value is -1.96. The summed E-state index contributed by atoms with van der Waals surface area (Å²) in [7, 11) is 0. The van der Waals surface area contributed by atoms with Gasteiger partial charge in [0, 0.05) is 31.0 Å². The predicted molar refractivity (Wildman–Crippen MR) is 93.0 cm³/mol. The molecule has 0 saturated carbocycles. The molecule has 0 aliphatic rings. The topological polar surface area (TPSA) is 15.3 Å². The first-order chi connectivity index (χ1) is 10.3. The number of hydrogen-bond donors (Lipinski definition) is 1. The fourth-order valence-electron chi connectivity index (χ4n) is 2.50. The van der Waals surface area contributed by atoms with Crippen molar-refractivity contribution in [3.8, 4) is 0 Å². The van der Waals surface area contributed by atoms with E-state index >= 15 is 0 Å². The van der Waals surface area contributed by atoms with Crippen molar-refractivity contribution >= 4 is 11.4 Å². The Labute approximate surface area is 128 Å². The van der Waals surface area contributed by atoms with Crippen LogP contribution in [0.15, 0.2) is 54.6 Å². The molecule has 2 heteroatoms. The van der Waals surface area contributed by atoms with Gasteiger partial charge in [0.15, 0.2) is 0 Å². The maximum Gasteiger partial charge on any atom is 0.0400 e. The van der Waals surface area contributed by atoms with Crippen LogP contribution in [0.3, 0.4) is 0 Å². The van der Waals surface area contributed by atoms with E-state index in [2.05, 4.69) is 72.6 Å². The normalized spacial score (nSPS) is 10.4. The zero-order valence-corrected chi connectivity index (χ0v) is 13.2. The molecular weight excluding hydrogens is 256 g/mol. The Bertz CT molecular complexity index is 499. The molecule has 21 heavy (non-hydrogen) atoms. The van der Waals surface area contributed by atoms with Gasteiger partial charge in [-0.3, -0.25) is 0 Å². The van der Waals surface area contributed by atoms with Crippen molar-refractivity contribution in [1.29, 1.82) is 0 Å². The minimum Gasteiger partial charge on any atom is -0.381 e. The smallest absolute Gasteiger partial charge is 0.0400 e. The van der Waals surface area contributed by atoms with E-state index in [-0.39, 0.29) is 0 Å².